The number of unbranched alkanes of at least 4 members (excludes halogenated alkanes) is 1. The lowest BCUT2D eigenvalue weighted by molar-refractivity contribution is 0.102. The number of nitrogens with zero attached hydrogens (tertiary/aromatic N) is 2. The highest BCUT2D eigenvalue weighted by molar-refractivity contribution is 7.90. The largest absolute Gasteiger partial charge is 0.493 e. The summed E-state index contributed by atoms with van der Waals surface area (Å²) in [5.41, 5.74) is 2.13. The third-order valence-electron chi connectivity index (χ3n) is 4.83. The first-order valence-corrected chi connectivity index (χ1v) is 11.6. The summed E-state index contributed by atoms with van der Waals surface area (Å²) in [6, 6.07) is 22.3. The van der Waals surface area contributed by atoms with Gasteiger partial charge < -0.3 is 15.4 Å². The summed E-state index contributed by atoms with van der Waals surface area (Å²) in [6.07, 6.45) is 1.06. The molecule has 33 heavy (non-hydrogen) atoms. The Hall–Kier alpha value is -4.16. The number of ether oxygens (including phenoxy) is 1. The molecular weight excluding hydrogens is 440 g/mol. The van der Waals surface area contributed by atoms with Crippen molar-refractivity contribution in [2.75, 3.05) is 17.2 Å². The van der Waals surface area contributed by atoms with Gasteiger partial charge in [0.15, 0.2) is 5.84 Å². The van der Waals surface area contributed by atoms with Gasteiger partial charge in [0.05, 0.1) is 12.7 Å². The number of sulfonamides is 1. The smallest absolute Gasteiger partial charge is 0.285 e. The molecule has 8 nitrogen and oxygen atoms in total. The average Bonchev–Trinajstić information content (AvgIpc) is 3.07. The normalized spacial score (nSPS) is 13.4. The number of hydrogen-bond acceptors (Lipinski definition) is 6. The molecule has 166 valence electrons. The predicted octanol–water partition coefficient (Wildman–Crippen LogP) is 4.18. The topological polar surface area (TPSA) is 121 Å². The van der Waals surface area contributed by atoms with E-state index >= 15 is 0 Å². The zero-order chi connectivity index (χ0) is 23.3. The minimum Gasteiger partial charge on any atom is -0.493 e. The Morgan fingerprint density at radius 1 is 1.00 bits per heavy atom. The van der Waals surface area contributed by atoms with Gasteiger partial charge in [-0.3, -0.25) is 4.79 Å². The van der Waals surface area contributed by atoms with Crippen LogP contribution in [0.2, 0.25) is 0 Å². The van der Waals surface area contributed by atoms with E-state index in [1.54, 1.807) is 66.7 Å². The van der Waals surface area contributed by atoms with Gasteiger partial charge in [0.1, 0.15) is 10.6 Å². The van der Waals surface area contributed by atoms with E-state index in [1.165, 1.54) is 6.07 Å². The van der Waals surface area contributed by atoms with E-state index in [4.69, 9.17) is 10.00 Å². The van der Waals surface area contributed by atoms with Gasteiger partial charge in [-0.05, 0) is 55.0 Å². The molecule has 0 bridgehead atoms. The van der Waals surface area contributed by atoms with Crippen LogP contribution in [0.3, 0.4) is 0 Å². The number of hydrogen-bond donors (Lipinski definition) is 2. The molecular formula is C24H20N4O4S. The zero-order valence-electron chi connectivity index (χ0n) is 17.5. The summed E-state index contributed by atoms with van der Waals surface area (Å²) < 4.78 is 33.8. The molecule has 4 rings (SSSR count). The Balaban J connectivity index is 1.40. The molecule has 0 atom stereocenters. The summed E-state index contributed by atoms with van der Waals surface area (Å²) in [5, 5.41) is 14.4. The summed E-state index contributed by atoms with van der Waals surface area (Å²) in [7, 11) is -3.71. The number of benzene rings is 3. The van der Waals surface area contributed by atoms with Crippen molar-refractivity contribution in [1.82, 2.24) is 0 Å². The number of nitrogens with one attached hydrogen (secondary N) is 2. The fraction of sp³-hybridized carbons (Fsp3) is 0.125. The van der Waals surface area contributed by atoms with Crippen LogP contribution in [-0.2, 0) is 10.0 Å². The predicted molar refractivity (Wildman–Crippen MR) is 125 cm³/mol. The van der Waals surface area contributed by atoms with Gasteiger partial charge in [-0.15, -0.1) is 4.40 Å². The van der Waals surface area contributed by atoms with Crippen molar-refractivity contribution in [1.29, 1.82) is 5.26 Å². The number of carbonyl (C=O) groups excluding carboxylic acids is 1. The van der Waals surface area contributed by atoms with E-state index in [-0.39, 0.29) is 16.6 Å². The fourth-order valence-corrected chi connectivity index (χ4v) is 4.42. The highest BCUT2D eigenvalue weighted by Crippen LogP contribution is 2.27. The summed E-state index contributed by atoms with van der Waals surface area (Å²) in [4.78, 5) is 12.8. The van der Waals surface area contributed by atoms with Crippen LogP contribution in [0.4, 0.5) is 11.4 Å². The van der Waals surface area contributed by atoms with E-state index in [9.17, 15) is 13.2 Å². The van der Waals surface area contributed by atoms with Crippen LogP contribution in [0.1, 0.15) is 28.8 Å². The second-order valence-corrected chi connectivity index (χ2v) is 8.78. The van der Waals surface area contributed by atoms with Crippen LogP contribution in [0, 0.1) is 11.3 Å². The van der Waals surface area contributed by atoms with E-state index in [0.29, 0.717) is 47.7 Å². The van der Waals surface area contributed by atoms with Gasteiger partial charge in [0.2, 0.25) is 0 Å². The minimum atomic E-state index is -3.71. The maximum absolute atomic E-state index is 12.6. The molecule has 0 spiro atoms. The molecule has 1 amide bonds. The Morgan fingerprint density at radius 3 is 2.58 bits per heavy atom. The van der Waals surface area contributed by atoms with E-state index in [1.807, 2.05) is 0 Å². The number of fused-ring (bicyclic) bond motifs is 1. The van der Waals surface area contributed by atoms with Crippen molar-refractivity contribution in [3.05, 3.63) is 83.9 Å². The van der Waals surface area contributed by atoms with Crippen LogP contribution in [0.15, 0.2) is 82.1 Å². The molecule has 0 radical (unpaired) electrons. The third-order valence-corrected chi connectivity index (χ3v) is 6.17. The Morgan fingerprint density at radius 2 is 1.79 bits per heavy atom. The molecule has 1 heterocycles. The lowest BCUT2D eigenvalue weighted by Gasteiger charge is -2.10. The number of rotatable bonds is 7. The molecule has 0 aliphatic carbocycles. The van der Waals surface area contributed by atoms with Gasteiger partial charge >= 0.3 is 0 Å². The summed E-state index contributed by atoms with van der Waals surface area (Å²) in [5.74, 6) is 0.557. The maximum Gasteiger partial charge on any atom is 0.285 e. The number of amidine groups is 1. The number of carbonyl (C=O) groups is 1. The molecule has 1 aliphatic heterocycles. The number of anilines is 2. The number of nitriles is 1. The molecule has 3 aromatic carbocycles. The van der Waals surface area contributed by atoms with Crippen molar-refractivity contribution in [2.24, 2.45) is 4.40 Å². The highest BCUT2D eigenvalue weighted by atomic mass is 32.2. The molecule has 0 saturated carbocycles. The van der Waals surface area contributed by atoms with Gasteiger partial charge in [-0.25, -0.2) is 0 Å². The summed E-state index contributed by atoms with van der Waals surface area (Å²) >= 11 is 0. The van der Waals surface area contributed by atoms with Crippen LogP contribution in [0.5, 0.6) is 5.75 Å². The molecule has 0 fully saturated rings. The van der Waals surface area contributed by atoms with Crippen molar-refractivity contribution in [3.8, 4) is 11.8 Å². The molecule has 3 aromatic rings. The van der Waals surface area contributed by atoms with Gasteiger partial charge in [-0.1, -0.05) is 18.2 Å². The fourth-order valence-electron chi connectivity index (χ4n) is 3.25. The first-order chi connectivity index (χ1) is 16.0. The minimum absolute atomic E-state index is 0.166. The van der Waals surface area contributed by atoms with Gasteiger partial charge in [0.25, 0.3) is 15.9 Å². The van der Waals surface area contributed by atoms with Gasteiger partial charge in [0, 0.05) is 35.0 Å². The van der Waals surface area contributed by atoms with E-state index in [0.717, 1.165) is 0 Å². The third kappa shape index (κ3) is 5.19. The first kappa shape index (κ1) is 22.0. The second-order valence-electron chi connectivity index (χ2n) is 7.21. The monoisotopic (exact) mass is 460 g/mol. The summed E-state index contributed by atoms with van der Waals surface area (Å²) in [6.45, 7) is 0.427. The lowest BCUT2D eigenvalue weighted by Crippen LogP contribution is -2.13. The first-order valence-electron chi connectivity index (χ1n) is 10.2. The van der Waals surface area contributed by atoms with E-state index < -0.39 is 10.0 Å². The molecule has 0 aromatic heterocycles. The Labute approximate surface area is 191 Å². The number of amides is 1. The average molecular weight is 461 g/mol. The van der Waals surface area contributed by atoms with Crippen molar-refractivity contribution < 1.29 is 17.9 Å². The van der Waals surface area contributed by atoms with Crippen molar-refractivity contribution in [3.63, 3.8) is 0 Å². The van der Waals surface area contributed by atoms with Crippen LogP contribution < -0.4 is 15.4 Å². The van der Waals surface area contributed by atoms with Gasteiger partial charge in [-0.2, -0.15) is 13.7 Å². The lowest BCUT2D eigenvalue weighted by atomic mass is 10.1. The van der Waals surface area contributed by atoms with Crippen molar-refractivity contribution >= 4 is 33.1 Å². The maximum atomic E-state index is 12.6. The Bertz CT molecular complexity index is 1360. The van der Waals surface area contributed by atoms with Crippen LogP contribution >= 0.6 is 0 Å². The van der Waals surface area contributed by atoms with Crippen molar-refractivity contribution in [2.45, 2.75) is 17.7 Å². The van der Waals surface area contributed by atoms with E-state index in [2.05, 4.69) is 21.1 Å². The molecule has 1 aliphatic rings. The van der Waals surface area contributed by atoms with Crippen LogP contribution in [-0.4, -0.2) is 26.8 Å². The molecule has 2 N–H and O–H groups in total. The molecule has 0 unspecified atom stereocenters. The SMILES string of the molecule is N#CCCCOc1cccc(NC(=O)c2ccc(NC3=NS(=O)(=O)c4ccccc43)cc2)c1. The molecule has 9 heteroatoms. The Kier molecular flexibility index (Phi) is 6.38. The van der Waals surface area contributed by atoms with Crippen LogP contribution in [0.25, 0.3) is 0 Å². The standard InChI is InChI=1S/C24H20N4O4S/c25-14-3-4-15-32-20-7-5-6-19(16-20)27-24(29)17-10-12-18(13-11-17)26-23-21-8-1-2-9-22(21)33(30,31)28-23/h1-2,5-13,16H,3-4,15H2,(H,26,28)(H,27,29). The zero-order valence-corrected chi connectivity index (χ0v) is 18.3. The second kappa shape index (κ2) is 9.54. The highest BCUT2D eigenvalue weighted by Gasteiger charge is 2.28. The molecule has 0 saturated heterocycles. The quantitative estimate of drug-likeness (QED) is 0.510.